The zero-order chi connectivity index (χ0) is 22.1. The molecule has 0 bridgehead atoms. The molecular weight excluding hydrogens is 423 g/mol. The molecule has 2 amide bonds. The number of aromatic nitrogens is 1. The number of carbonyl (C=O) groups is 3. The van der Waals surface area contributed by atoms with Crippen molar-refractivity contribution in [3.63, 3.8) is 0 Å². The molecule has 2 aromatic heterocycles. The van der Waals surface area contributed by atoms with Crippen molar-refractivity contribution < 1.29 is 32.7 Å². The van der Waals surface area contributed by atoms with E-state index in [-0.39, 0.29) is 23.7 Å². The van der Waals surface area contributed by atoms with Gasteiger partial charge in [0.1, 0.15) is 5.69 Å². The highest BCUT2D eigenvalue weighted by atomic mass is 32.1. The summed E-state index contributed by atoms with van der Waals surface area (Å²) in [6.07, 6.45) is -5.08. The maximum Gasteiger partial charge on any atom is 0.490 e. The number of aryl methyl sites for hydroxylation is 1. The van der Waals surface area contributed by atoms with Crippen molar-refractivity contribution in [1.82, 2.24) is 9.88 Å². The van der Waals surface area contributed by atoms with E-state index in [4.69, 9.17) is 9.90 Å². The average molecular weight is 441 g/mol. The molecule has 2 aromatic rings. The van der Waals surface area contributed by atoms with Crippen LogP contribution in [0.4, 0.5) is 18.9 Å². The van der Waals surface area contributed by atoms with Gasteiger partial charge in [-0.05, 0) is 30.5 Å². The lowest BCUT2D eigenvalue weighted by molar-refractivity contribution is -0.192. The first-order valence-electron chi connectivity index (χ1n) is 8.94. The third kappa shape index (κ3) is 4.61. The lowest BCUT2D eigenvalue weighted by atomic mass is 10.0. The summed E-state index contributed by atoms with van der Waals surface area (Å²) < 4.78 is 31.7. The number of rotatable bonds is 2. The number of amides is 2. The molecule has 11 heteroatoms. The van der Waals surface area contributed by atoms with Crippen LogP contribution in [0.25, 0.3) is 0 Å². The third-order valence-electron chi connectivity index (χ3n) is 4.90. The summed E-state index contributed by atoms with van der Waals surface area (Å²) in [7, 11) is 0. The minimum Gasteiger partial charge on any atom is -0.475 e. The van der Waals surface area contributed by atoms with E-state index >= 15 is 0 Å². The van der Waals surface area contributed by atoms with Crippen LogP contribution >= 0.6 is 11.3 Å². The van der Waals surface area contributed by atoms with Gasteiger partial charge in [0.2, 0.25) is 5.91 Å². The zero-order valence-corrected chi connectivity index (χ0v) is 16.6. The van der Waals surface area contributed by atoms with Gasteiger partial charge in [-0.25, -0.2) is 9.78 Å². The Labute approximate surface area is 173 Å². The summed E-state index contributed by atoms with van der Waals surface area (Å²) >= 11 is 1.59. The van der Waals surface area contributed by atoms with Gasteiger partial charge in [0.25, 0.3) is 5.91 Å². The van der Waals surface area contributed by atoms with Crippen LogP contribution in [0, 0.1) is 18.8 Å². The third-order valence-corrected chi connectivity index (χ3v) is 5.57. The normalized spacial score (nSPS) is 20.6. The van der Waals surface area contributed by atoms with Crippen molar-refractivity contribution in [3.05, 3.63) is 46.4 Å². The summed E-state index contributed by atoms with van der Waals surface area (Å²) in [6, 6.07) is 7.43. The number of aliphatic carboxylic acids is 1. The molecule has 1 N–H and O–H groups in total. The number of carboxylic acids is 1. The molecule has 2 aliphatic heterocycles. The van der Waals surface area contributed by atoms with Gasteiger partial charge in [-0.15, -0.1) is 0 Å². The van der Waals surface area contributed by atoms with E-state index in [1.807, 2.05) is 40.8 Å². The van der Waals surface area contributed by atoms with Gasteiger partial charge in [0, 0.05) is 36.6 Å². The van der Waals surface area contributed by atoms with Gasteiger partial charge < -0.3 is 14.9 Å². The largest absolute Gasteiger partial charge is 0.490 e. The van der Waals surface area contributed by atoms with Crippen LogP contribution in [0.1, 0.15) is 16.2 Å². The molecule has 160 valence electrons. The molecule has 2 saturated heterocycles. The number of nitrogens with zero attached hydrogens (tertiary/aromatic N) is 3. The van der Waals surface area contributed by atoms with Crippen LogP contribution in [0.15, 0.2) is 35.0 Å². The zero-order valence-electron chi connectivity index (χ0n) is 15.8. The van der Waals surface area contributed by atoms with Gasteiger partial charge in [0.15, 0.2) is 0 Å². The molecule has 2 aliphatic rings. The van der Waals surface area contributed by atoms with Crippen molar-refractivity contribution in [1.29, 1.82) is 0 Å². The molecular formula is C19H18F3N3O4S. The average Bonchev–Trinajstić information content (AvgIpc) is 3.39. The molecule has 30 heavy (non-hydrogen) atoms. The molecule has 0 spiro atoms. The number of likely N-dealkylation sites (tertiary alicyclic amines) is 1. The van der Waals surface area contributed by atoms with Gasteiger partial charge in [-0.2, -0.15) is 24.5 Å². The highest BCUT2D eigenvalue weighted by Crippen LogP contribution is 2.36. The predicted molar refractivity (Wildman–Crippen MR) is 102 cm³/mol. The Morgan fingerprint density at radius 1 is 1.20 bits per heavy atom. The molecule has 0 unspecified atom stereocenters. The second-order valence-corrected chi connectivity index (χ2v) is 7.75. The van der Waals surface area contributed by atoms with Crippen LogP contribution in [-0.4, -0.2) is 58.6 Å². The standard InChI is InChI=1S/C17H17N3O2S.C2HF3O2/c1-11-3-2-4-15(18-11)17(22)19-7-12-8-20(13-5-6-23-10-13)16(21)14(12)9-19;3-2(4,5)1(6)7/h2-6,10,12,14H,7-9H2,1H3;(H,6,7)/t12-,14-;/m0./s1. The number of hydrogen-bond acceptors (Lipinski definition) is 5. The Balaban J connectivity index is 0.000000318. The van der Waals surface area contributed by atoms with E-state index in [0.29, 0.717) is 25.3 Å². The number of carboxylic acid groups (broad SMARTS) is 1. The van der Waals surface area contributed by atoms with Gasteiger partial charge >= 0.3 is 12.1 Å². The van der Waals surface area contributed by atoms with Crippen molar-refractivity contribution in [2.75, 3.05) is 24.5 Å². The highest BCUT2D eigenvalue weighted by molar-refractivity contribution is 7.08. The van der Waals surface area contributed by atoms with Gasteiger partial charge in [0.05, 0.1) is 11.6 Å². The van der Waals surface area contributed by atoms with Crippen LogP contribution in [0.3, 0.4) is 0 Å². The predicted octanol–water partition coefficient (Wildman–Crippen LogP) is 2.82. The maximum absolute atomic E-state index is 12.6. The second-order valence-electron chi connectivity index (χ2n) is 6.97. The van der Waals surface area contributed by atoms with Crippen LogP contribution < -0.4 is 4.90 Å². The molecule has 0 radical (unpaired) electrons. The minimum absolute atomic E-state index is 0.0713. The fourth-order valence-corrected chi connectivity index (χ4v) is 4.14. The van der Waals surface area contributed by atoms with E-state index < -0.39 is 12.1 Å². The first kappa shape index (κ1) is 21.8. The molecule has 4 heterocycles. The molecule has 0 aromatic carbocycles. The molecule has 0 saturated carbocycles. The number of alkyl halides is 3. The van der Waals surface area contributed by atoms with Crippen molar-refractivity contribution >= 4 is 34.8 Å². The number of pyridine rings is 1. The fraction of sp³-hybridized carbons (Fsp3) is 0.368. The molecule has 2 fully saturated rings. The Morgan fingerprint density at radius 3 is 2.43 bits per heavy atom. The Bertz CT molecular complexity index is 949. The smallest absolute Gasteiger partial charge is 0.475 e. The number of halogens is 3. The first-order chi connectivity index (χ1) is 14.1. The molecule has 4 rings (SSSR count). The van der Waals surface area contributed by atoms with Crippen molar-refractivity contribution in [2.24, 2.45) is 11.8 Å². The first-order valence-corrected chi connectivity index (χ1v) is 9.89. The summed E-state index contributed by atoms with van der Waals surface area (Å²) in [5.41, 5.74) is 2.27. The van der Waals surface area contributed by atoms with Crippen molar-refractivity contribution in [3.8, 4) is 0 Å². The quantitative estimate of drug-likeness (QED) is 0.774. The Kier molecular flexibility index (Phi) is 6.11. The van der Waals surface area contributed by atoms with E-state index in [2.05, 4.69) is 4.98 Å². The molecule has 0 aliphatic carbocycles. The van der Waals surface area contributed by atoms with Crippen LogP contribution in [0.5, 0.6) is 0 Å². The Hall–Kier alpha value is -2.95. The topological polar surface area (TPSA) is 90.8 Å². The molecule has 7 nitrogen and oxygen atoms in total. The summed E-state index contributed by atoms with van der Waals surface area (Å²) in [6.45, 7) is 3.70. The van der Waals surface area contributed by atoms with Gasteiger partial charge in [-0.1, -0.05) is 6.07 Å². The lowest BCUT2D eigenvalue weighted by Gasteiger charge is -2.21. The van der Waals surface area contributed by atoms with E-state index in [9.17, 15) is 22.8 Å². The maximum atomic E-state index is 12.6. The molecule has 2 atom stereocenters. The second kappa shape index (κ2) is 8.42. The van der Waals surface area contributed by atoms with Gasteiger partial charge in [-0.3, -0.25) is 9.59 Å². The highest BCUT2D eigenvalue weighted by Gasteiger charge is 2.48. The van der Waals surface area contributed by atoms with E-state index in [1.54, 1.807) is 22.3 Å². The summed E-state index contributed by atoms with van der Waals surface area (Å²) in [5, 5.41) is 11.1. The monoisotopic (exact) mass is 441 g/mol. The fourth-order valence-electron chi connectivity index (χ4n) is 3.49. The lowest BCUT2D eigenvalue weighted by Crippen LogP contribution is -2.35. The van der Waals surface area contributed by atoms with E-state index in [1.165, 1.54) is 0 Å². The minimum atomic E-state index is -5.08. The van der Waals surface area contributed by atoms with E-state index in [0.717, 1.165) is 11.4 Å². The number of carbonyl (C=O) groups excluding carboxylic acids is 2. The van der Waals surface area contributed by atoms with Crippen molar-refractivity contribution in [2.45, 2.75) is 13.1 Å². The summed E-state index contributed by atoms with van der Waals surface area (Å²) in [4.78, 5) is 42.0. The summed E-state index contributed by atoms with van der Waals surface area (Å²) in [5.74, 6) is -2.55. The SMILES string of the molecule is Cc1cccc(C(=O)N2C[C@H]3CN(c4ccsc4)C(=O)[C@H]3C2)n1.O=C(O)C(F)(F)F. The number of anilines is 1. The van der Waals surface area contributed by atoms with Crippen LogP contribution in [-0.2, 0) is 9.59 Å². The number of fused-ring (bicyclic) bond motifs is 1. The Morgan fingerprint density at radius 2 is 1.90 bits per heavy atom. The van der Waals surface area contributed by atoms with Crippen LogP contribution in [0.2, 0.25) is 0 Å². The number of thiophene rings is 1. The number of hydrogen-bond donors (Lipinski definition) is 1.